The van der Waals surface area contributed by atoms with Crippen LogP contribution in [-0.4, -0.2) is 65.8 Å². The van der Waals surface area contributed by atoms with Crippen LogP contribution in [-0.2, 0) is 47.7 Å². The highest BCUT2D eigenvalue weighted by Gasteiger charge is 2.44. The van der Waals surface area contributed by atoms with Crippen LogP contribution in [0.15, 0.2) is 10.7 Å². The fourth-order valence-electron chi connectivity index (χ4n) is 2.25. The lowest BCUT2D eigenvalue weighted by atomic mass is 10.0. The van der Waals surface area contributed by atoms with E-state index >= 15 is 0 Å². The molecule has 0 aliphatic rings. The number of hydrogen-bond acceptors (Lipinski definition) is 12. The number of carbonyl (C=O) groups excluding carboxylic acids is 5. The van der Waals surface area contributed by atoms with Gasteiger partial charge < -0.3 is 23.7 Å². The van der Waals surface area contributed by atoms with Gasteiger partial charge in [0, 0.05) is 56.6 Å². The normalized spacial score (nSPS) is 14.8. The molecule has 0 aromatic rings. The van der Waals surface area contributed by atoms with Gasteiger partial charge >= 0.3 is 34.5 Å². The first-order chi connectivity index (χ1) is 14.2. The van der Waals surface area contributed by atoms with Crippen LogP contribution in [0, 0.1) is 10.1 Å². The molecule has 31 heavy (non-hydrogen) atoms. The fourth-order valence-corrected chi connectivity index (χ4v) is 2.51. The van der Waals surface area contributed by atoms with Gasteiger partial charge in [-0.05, 0) is 0 Å². The van der Waals surface area contributed by atoms with E-state index in [2.05, 4.69) is 15.9 Å². The summed E-state index contributed by atoms with van der Waals surface area (Å²) in [5, 5.41) is 11.0. The molecule has 0 unspecified atom stereocenters. The van der Waals surface area contributed by atoms with Gasteiger partial charge in [0.05, 0.1) is 4.92 Å². The van der Waals surface area contributed by atoms with Crippen molar-refractivity contribution in [3.8, 4) is 0 Å². The molecule has 0 amide bonds. The minimum atomic E-state index is -1.72. The molecule has 0 aromatic carbocycles. The van der Waals surface area contributed by atoms with E-state index in [4.69, 9.17) is 23.7 Å². The molecule has 174 valence electrons. The van der Waals surface area contributed by atoms with Gasteiger partial charge in [0.25, 0.3) is 0 Å². The molecule has 0 rings (SSSR count). The lowest BCUT2D eigenvalue weighted by Gasteiger charge is -2.34. The Morgan fingerprint density at radius 1 is 0.806 bits per heavy atom. The first-order valence-electron chi connectivity index (χ1n) is 8.58. The number of nitro groups is 1. The summed E-state index contributed by atoms with van der Waals surface area (Å²) in [6.45, 7) is 4.39. The lowest BCUT2D eigenvalue weighted by molar-refractivity contribution is -0.409. The van der Waals surface area contributed by atoms with Crippen molar-refractivity contribution in [2.24, 2.45) is 0 Å². The number of ether oxygens (including phenoxy) is 5. The van der Waals surface area contributed by atoms with Crippen molar-refractivity contribution in [3.05, 3.63) is 20.8 Å². The second-order valence-electron chi connectivity index (χ2n) is 5.92. The third kappa shape index (κ3) is 11.7. The Labute approximate surface area is 185 Å². The molecule has 14 heteroatoms. The molecule has 0 spiro atoms. The molecule has 0 saturated carbocycles. The molecule has 0 aromatic heterocycles. The summed E-state index contributed by atoms with van der Waals surface area (Å²) in [5.74, 6) is -4.44. The average Bonchev–Trinajstić information content (AvgIpc) is 2.59. The summed E-state index contributed by atoms with van der Waals surface area (Å²) >= 11 is 2.66. The summed E-state index contributed by atoms with van der Waals surface area (Å²) in [6.07, 6.45) is -5.81. The molecule has 0 radical (unpaired) electrons. The van der Waals surface area contributed by atoms with Gasteiger partial charge in [0.2, 0.25) is 0 Å². The molecular weight excluding hydrogens is 490 g/mol. The number of nitrogens with zero attached hydrogens (tertiary/aromatic N) is 1. The van der Waals surface area contributed by atoms with E-state index in [0.717, 1.165) is 40.7 Å². The maximum Gasteiger partial charge on any atom is 0.310 e. The lowest BCUT2D eigenvalue weighted by Crippen LogP contribution is -2.52. The fraction of sp³-hybridized carbons (Fsp3) is 0.588. The number of esters is 5. The number of hydrogen-bond donors (Lipinski definition) is 0. The third-order valence-corrected chi connectivity index (χ3v) is 3.72. The monoisotopic (exact) mass is 511 g/mol. The first kappa shape index (κ1) is 28.0. The minimum absolute atomic E-state index is 0.627. The van der Waals surface area contributed by atoms with Crippen molar-refractivity contribution in [1.29, 1.82) is 0 Å². The molecule has 0 aliphatic heterocycles. The van der Waals surface area contributed by atoms with Gasteiger partial charge in [0.15, 0.2) is 24.4 Å². The molecule has 0 N–H and O–H groups in total. The van der Waals surface area contributed by atoms with Crippen LogP contribution in [0.1, 0.15) is 34.6 Å². The third-order valence-electron chi connectivity index (χ3n) is 3.16. The smallest absolute Gasteiger partial charge is 0.310 e. The highest BCUT2D eigenvalue weighted by molar-refractivity contribution is 9.11. The van der Waals surface area contributed by atoms with E-state index in [1.807, 2.05) is 0 Å². The predicted octanol–water partition coefficient (Wildman–Crippen LogP) is 0.789. The Bertz CT molecular complexity index is 749. The van der Waals surface area contributed by atoms with Crippen LogP contribution < -0.4 is 0 Å². The summed E-state index contributed by atoms with van der Waals surface area (Å²) in [4.78, 5) is 67.8. The zero-order chi connectivity index (χ0) is 24.3. The quantitative estimate of drug-likeness (QED) is 0.125. The molecular formula is C17H22BrNO12. The Morgan fingerprint density at radius 2 is 1.26 bits per heavy atom. The van der Waals surface area contributed by atoms with Crippen molar-refractivity contribution in [2.45, 2.75) is 59.0 Å². The average molecular weight is 512 g/mol. The van der Waals surface area contributed by atoms with E-state index in [0.29, 0.717) is 0 Å². The summed E-state index contributed by atoms with van der Waals surface area (Å²) < 4.78 is 24.4. The zero-order valence-corrected chi connectivity index (χ0v) is 18.9. The second kappa shape index (κ2) is 13.3. The maximum absolute atomic E-state index is 11.7. The Balaban J connectivity index is 6.51. The largest absolute Gasteiger partial charge is 0.462 e. The van der Waals surface area contributed by atoms with Crippen molar-refractivity contribution in [3.63, 3.8) is 0 Å². The highest BCUT2D eigenvalue weighted by Crippen LogP contribution is 2.23. The predicted molar refractivity (Wildman–Crippen MR) is 103 cm³/mol. The highest BCUT2D eigenvalue weighted by atomic mass is 79.9. The van der Waals surface area contributed by atoms with Gasteiger partial charge in [0.1, 0.15) is 6.61 Å². The van der Waals surface area contributed by atoms with E-state index in [9.17, 15) is 34.1 Å². The minimum Gasteiger partial charge on any atom is -0.462 e. The van der Waals surface area contributed by atoms with Crippen molar-refractivity contribution < 1.29 is 52.6 Å². The van der Waals surface area contributed by atoms with E-state index in [1.165, 1.54) is 0 Å². The molecule has 4 atom stereocenters. The van der Waals surface area contributed by atoms with Crippen molar-refractivity contribution >= 4 is 45.8 Å². The number of carbonyl (C=O) groups is 5. The zero-order valence-electron chi connectivity index (χ0n) is 17.3. The number of rotatable bonds is 11. The number of halogens is 1. The Morgan fingerprint density at radius 3 is 1.65 bits per heavy atom. The molecule has 0 saturated heterocycles. The van der Waals surface area contributed by atoms with Crippen LogP contribution in [0.4, 0.5) is 0 Å². The van der Waals surface area contributed by atoms with Crippen LogP contribution in [0.5, 0.6) is 0 Å². The topological polar surface area (TPSA) is 175 Å². The Hall–Kier alpha value is -3.03. The van der Waals surface area contributed by atoms with Gasteiger partial charge in [-0.2, -0.15) is 0 Å². The van der Waals surface area contributed by atoms with Gasteiger partial charge in [-0.15, -0.1) is 0 Å². The molecule has 0 bridgehead atoms. The van der Waals surface area contributed by atoms with E-state index < -0.39 is 70.4 Å². The van der Waals surface area contributed by atoms with Gasteiger partial charge in [-0.1, -0.05) is 0 Å². The van der Waals surface area contributed by atoms with Crippen molar-refractivity contribution in [1.82, 2.24) is 0 Å². The summed E-state index contributed by atoms with van der Waals surface area (Å²) in [5.41, 5.74) is 0. The van der Waals surface area contributed by atoms with Crippen LogP contribution in [0.3, 0.4) is 0 Å². The summed E-state index contributed by atoms with van der Waals surface area (Å²) in [7, 11) is 0. The maximum atomic E-state index is 11.7. The molecule has 0 heterocycles. The van der Waals surface area contributed by atoms with Crippen LogP contribution in [0.2, 0.25) is 0 Å². The summed E-state index contributed by atoms with van der Waals surface area (Å²) in [6, 6.07) is 0. The van der Waals surface area contributed by atoms with Crippen molar-refractivity contribution in [2.75, 3.05) is 6.61 Å². The second-order valence-corrected chi connectivity index (χ2v) is 6.73. The molecule has 13 nitrogen and oxygen atoms in total. The first-order valence-corrected chi connectivity index (χ1v) is 9.37. The van der Waals surface area contributed by atoms with Gasteiger partial charge in [-0.3, -0.25) is 34.1 Å². The standard InChI is InChI=1S/C17H22BrNO12/c1-8(20)27-7-14(29-10(3)22)17(31-12(5)24)16(30-11(4)23)13(28-9(2)21)6-15(18)19(25)26/h6,13-14,16-17H,7H2,1-5H3/b15-6+/t13-,14-,16-,17-/m1/s1. The van der Waals surface area contributed by atoms with E-state index in [1.54, 1.807) is 0 Å². The molecule has 0 aliphatic carbocycles. The van der Waals surface area contributed by atoms with Gasteiger partial charge in [-0.25, -0.2) is 0 Å². The van der Waals surface area contributed by atoms with E-state index in [-0.39, 0.29) is 0 Å². The molecule has 0 fully saturated rings. The Kier molecular flexibility index (Phi) is 12.0. The van der Waals surface area contributed by atoms with Crippen LogP contribution >= 0.6 is 15.9 Å². The SMILES string of the molecule is CC(=O)OC[C@@H](OC(C)=O)[C@@H](OC(C)=O)[C@H](OC(C)=O)[C@@H](/C=C(\Br)[N+](=O)[O-])OC(C)=O. The van der Waals surface area contributed by atoms with Crippen LogP contribution in [0.25, 0.3) is 0 Å².